The average molecular weight is 519 g/mol. The fourth-order valence-electron chi connectivity index (χ4n) is 2.64. The van der Waals surface area contributed by atoms with Crippen LogP contribution in [-0.2, 0) is 9.47 Å². The van der Waals surface area contributed by atoms with Crippen LogP contribution in [0.4, 0.5) is 0 Å². The lowest BCUT2D eigenvalue weighted by molar-refractivity contribution is 0.159. The number of hydrogen-bond donors (Lipinski definition) is 0. The Morgan fingerprint density at radius 1 is 0.417 bits per heavy atom. The SMILES string of the molecule is CN(C)CCC(C)(C)C.CN(C)CCCC(C)(C)C.COCCC(C)(C)C.COCCCC(C)(C)C. The maximum atomic E-state index is 4.94. The molecule has 0 bridgehead atoms. The Kier molecular flexibility index (Phi) is 27.2. The molecule has 0 aromatic heterocycles. The summed E-state index contributed by atoms with van der Waals surface area (Å²) in [7, 11) is 12.0. The number of hydrogen-bond acceptors (Lipinski definition) is 4. The Balaban J connectivity index is -0.000000190. The highest BCUT2D eigenvalue weighted by molar-refractivity contribution is 4.63. The number of methoxy groups -OCH3 is 2. The van der Waals surface area contributed by atoms with Crippen molar-refractivity contribution in [3.8, 4) is 0 Å². The van der Waals surface area contributed by atoms with E-state index in [1.807, 2.05) is 0 Å². The van der Waals surface area contributed by atoms with Crippen molar-refractivity contribution in [1.29, 1.82) is 0 Å². The van der Waals surface area contributed by atoms with Crippen LogP contribution in [0, 0.1) is 21.7 Å². The van der Waals surface area contributed by atoms with E-state index in [0.717, 1.165) is 19.6 Å². The molecule has 0 N–H and O–H groups in total. The summed E-state index contributed by atoms with van der Waals surface area (Å²) in [5, 5.41) is 0. The molecule has 0 aliphatic carbocycles. The zero-order valence-electron chi connectivity index (χ0n) is 28.8. The van der Waals surface area contributed by atoms with Crippen molar-refractivity contribution in [3.05, 3.63) is 0 Å². The zero-order chi connectivity index (χ0) is 29.6. The molecule has 4 nitrogen and oxygen atoms in total. The molecule has 0 radical (unpaired) electrons. The molecule has 0 unspecified atom stereocenters. The normalized spacial score (nSPS) is 12.3. The second-order valence-corrected chi connectivity index (χ2v) is 15.5. The molecule has 0 saturated carbocycles. The molecule has 0 saturated heterocycles. The predicted octanol–water partition coefficient (Wildman–Crippen LogP) is 8.89. The van der Waals surface area contributed by atoms with Crippen molar-refractivity contribution in [2.75, 3.05) is 68.7 Å². The Bertz CT molecular complexity index is 433. The van der Waals surface area contributed by atoms with Gasteiger partial charge in [-0.2, -0.15) is 0 Å². The molecule has 0 amide bonds. The third kappa shape index (κ3) is 64.2. The van der Waals surface area contributed by atoms with Crippen LogP contribution in [0.2, 0.25) is 0 Å². The van der Waals surface area contributed by atoms with Crippen LogP contribution in [0.1, 0.15) is 122 Å². The van der Waals surface area contributed by atoms with Gasteiger partial charge in [0.25, 0.3) is 0 Å². The summed E-state index contributed by atoms with van der Waals surface area (Å²) >= 11 is 0. The minimum absolute atomic E-state index is 0.427. The first-order chi connectivity index (χ1) is 16.0. The summed E-state index contributed by atoms with van der Waals surface area (Å²) in [6.45, 7) is 31.3. The summed E-state index contributed by atoms with van der Waals surface area (Å²) in [6.07, 6.45) is 7.49. The van der Waals surface area contributed by atoms with Crippen LogP contribution >= 0.6 is 0 Å². The number of nitrogens with zero attached hydrogens (tertiary/aromatic N) is 2. The molecule has 0 aromatic rings. The van der Waals surface area contributed by atoms with Crippen LogP contribution in [0.3, 0.4) is 0 Å². The van der Waals surface area contributed by atoms with E-state index >= 15 is 0 Å². The van der Waals surface area contributed by atoms with Gasteiger partial charge in [0.05, 0.1) is 0 Å². The van der Waals surface area contributed by atoms with Gasteiger partial charge in [-0.1, -0.05) is 83.1 Å². The van der Waals surface area contributed by atoms with Gasteiger partial charge >= 0.3 is 0 Å². The van der Waals surface area contributed by atoms with E-state index in [0.29, 0.717) is 21.7 Å². The Hall–Kier alpha value is -0.160. The largest absolute Gasteiger partial charge is 0.385 e. The van der Waals surface area contributed by atoms with Gasteiger partial charge in [-0.05, 0) is 101 Å². The Labute approximate surface area is 231 Å². The highest BCUT2D eigenvalue weighted by Crippen LogP contribution is 2.21. The summed E-state index contributed by atoms with van der Waals surface area (Å²) in [6, 6.07) is 0. The van der Waals surface area contributed by atoms with Crippen molar-refractivity contribution < 1.29 is 9.47 Å². The fraction of sp³-hybridized carbons (Fsp3) is 1.00. The maximum Gasteiger partial charge on any atom is 0.0467 e. The van der Waals surface area contributed by atoms with Crippen LogP contribution < -0.4 is 0 Å². The molecule has 0 rings (SSSR count). The second-order valence-electron chi connectivity index (χ2n) is 15.5. The molecule has 0 spiro atoms. The van der Waals surface area contributed by atoms with Crippen molar-refractivity contribution in [2.45, 2.75) is 122 Å². The van der Waals surface area contributed by atoms with Crippen molar-refractivity contribution >= 4 is 0 Å². The minimum Gasteiger partial charge on any atom is -0.385 e. The van der Waals surface area contributed by atoms with Gasteiger partial charge in [0, 0.05) is 27.4 Å². The van der Waals surface area contributed by atoms with E-state index in [9.17, 15) is 0 Å². The molecule has 0 aromatic carbocycles. The van der Waals surface area contributed by atoms with E-state index in [2.05, 4.69) is 121 Å². The van der Waals surface area contributed by atoms with Crippen molar-refractivity contribution in [2.24, 2.45) is 21.7 Å². The molecule has 0 aliphatic rings. The van der Waals surface area contributed by atoms with Crippen LogP contribution in [0.25, 0.3) is 0 Å². The van der Waals surface area contributed by atoms with Crippen LogP contribution in [-0.4, -0.2) is 78.5 Å². The first-order valence-corrected chi connectivity index (χ1v) is 14.2. The fourth-order valence-corrected chi connectivity index (χ4v) is 2.64. The summed E-state index contributed by atoms with van der Waals surface area (Å²) < 4.78 is 9.86. The first kappa shape index (κ1) is 42.9. The highest BCUT2D eigenvalue weighted by Gasteiger charge is 2.10. The van der Waals surface area contributed by atoms with Crippen LogP contribution in [0.5, 0.6) is 0 Å². The zero-order valence-corrected chi connectivity index (χ0v) is 28.8. The van der Waals surface area contributed by atoms with E-state index in [4.69, 9.17) is 9.47 Å². The van der Waals surface area contributed by atoms with Gasteiger partial charge in [-0.25, -0.2) is 0 Å². The lowest BCUT2D eigenvalue weighted by Crippen LogP contribution is -2.19. The molecule has 224 valence electrons. The van der Waals surface area contributed by atoms with Gasteiger partial charge in [-0.15, -0.1) is 0 Å². The van der Waals surface area contributed by atoms with Crippen LogP contribution in [0.15, 0.2) is 0 Å². The topological polar surface area (TPSA) is 24.9 Å². The smallest absolute Gasteiger partial charge is 0.0467 e. The molecule has 0 atom stereocenters. The number of rotatable bonds is 10. The molecule has 0 aliphatic heterocycles. The van der Waals surface area contributed by atoms with Gasteiger partial charge in [0.15, 0.2) is 0 Å². The summed E-state index contributed by atoms with van der Waals surface area (Å²) in [4.78, 5) is 4.47. The van der Waals surface area contributed by atoms with Gasteiger partial charge in [-0.3, -0.25) is 0 Å². The third-order valence-electron chi connectivity index (χ3n) is 5.17. The van der Waals surface area contributed by atoms with Gasteiger partial charge in [0.1, 0.15) is 0 Å². The molecular formula is C32H74N2O2. The van der Waals surface area contributed by atoms with Crippen molar-refractivity contribution in [1.82, 2.24) is 9.80 Å². The van der Waals surface area contributed by atoms with Gasteiger partial charge in [0.2, 0.25) is 0 Å². The first-order valence-electron chi connectivity index (χ1n) is 14.2. The molecule has 4 heteroatoms. The monoisotopic (exact) mass is 519 g/mol. The Morgan fingerprint density at radius 2 is 0.750 bits per heavy atom. The molecule has 0 fully saturated rings. The third-order valence-corrected chi connectivity index (χ3v) is 5.17. The molecular weight excluding hydrogens is 444 g/mol. The average Bonchev–Trinajstić information content (AvgIpc) is 2.63. The summed E-state index contributed by atoms with van der Waals surface area (Å²) in [5.41, 5.74) is 1.90. The number of ether oxygens (including phenoxy) is 2. The quantitative estimate of drug-likeness (QED) is 0.270. The van der Waals surface area contributed by atoms with E-state index in [1.54, 1.807) is 14.2 Å². The standard InChI is InChI=1S/C9H21N.C8H19N.C8H18O.C7H16O/c1-9(2,3)7-6-8-10(4)5;1-8(2,3)6-7-9(4)5;1-8(2,3)6-5-7-9-4;1-7(2,3)5-6-8-4/h6-8H2,1-5H3;6-7H2,1-5H3;5-7H2,1-4H3;5-6H2,1-4H3. The van der Waals surface area contributed by atoms with Crippen molar-refractivity contribution in [3.63, 3.8) is 0 Å². The summed E-state index contributed by atoms with van der Waals surface area (Å²) in [5.74, 6) is 0. The van der Waals surface area contributed by atoms with E-state index in [-0.39, 0.29) is 0 Å². The van der Waals surface area contributed by atoms with E-state index < -0.39 is 0 Å². The minimum atomic E-state index is 0.427. The molecule has 36 heavy (non-hydrogen) atoms. The maximum absolute atomic E-state index is 4.94. The predicted molar refractivity (Wildman–Crippen MR) is 166 cm³/mol. The second kappa shape index (κ2) is 22.8. The Morgan fingerprint density at radius 3 is 0.972 bits per heavy atom. The lowest BCUT2D eigenvalue weighted by atomic mass is 9.90. The lowest BCUT2D eigenvalue weighted by Gasteiger charge is -2.20. The van der Waals surface area contributed by atoms with Gasteiger partial charge < -0.3 is 19.3 Å². The highest BCUT2D eigenvalue weighted by atomic mass is 16.5. The molecule has 0 heterocycles. The van der Waals surface area contributed by atoms with E-state index in [1.165, 1.54) is 45.2 Å².